The molecule has 0 saturated heterocycles. The number of amidine groups is 1. The third-order valence-corrected chi connectivity index (χ3v) is 0.356. The van der Waals surface area contributed by atoms with Crippen LogP contribution >= 0.6 is 0 Å². The molecule has 0 unspecified atom stereocenters. The van der Waals surface area contributed by atoms with Crippen LogP contribution in [0.2, 0.25) is 0 Å². The van der Waals surface area contributed by atoms with Crippen LogP contribution in [0.15, 0.2) is 10.1 Å². The summed E-state index contributed by atoms with van der Waals surface area (Å²) in [6.45, 7) is 0. The lowest BCUT2D eigenvalue weighted by Crippen LogP contribution is -1.94. The Balaban J connectivity index is 2.61. The second kappa shape index (κ2) is 1.04. The number of rotatable bonds is 0. The smallest absolute Gasteiger partial charge is 0.187 e. The molecule has 1 radical (unpaired) electrons. The molecule has 1 heterocycles. The van der Waals surface area contributed by atoms with Gasteiger partial charge in [-0.1, -0.05) is 5.43 Å². The molecule has 0 spiro atoms. The van der Waals surface area contributed by atoms with Crippen molar-refractivity contribution < 1.29 is 4.39 Å². The molecule has 31 valence electrons. The molecular formula is C2HFN3. The minimum atomic E-state index is -0.769. The first-order chi connectivity index (χ1) is 2.89. The van der Waals surface area contributed by atoms with E-state index < -0.39 is 6.09 Å². The fourth-order valence-electron chi connectivity index (χ4n) is 0.173. The van der Waals surface area contributed by atoms with Crippen LogP contribution in [0.5, 0.6) is 0 Å². The van der Waals surface area contributed by atoms with Gasteiger partial charge < -0.3 is 0 Å². The lowest BCUT2D eigenvalue weighted by atomic mass is 11.2. The van der Waals surface area contributed by atoms with Crippen molar-refractivity contribution in [3.05, 3.63) is 0 Å². The third-order valence-electron chi connectivity index (χ3n) is 0.356. The van der Waals surface area contributed by atoms with Gasteiger partial charge in [0.15, 0.2) is 0 Å². The first-order valence-corrected chi connectivity index (χ1v) is 1.35. The van der Waals surface area contributed by atoms with Gasteiger partial charge in [0.1, 0.15) is 6.34 Å². The molecule has 0 N–H and O–H groups in total. The molecule has 6 heavy (non-hydrogen) atoms. The monoisotopic (exact) mass is 86.0 g/mol. The van der Waals surface area contributed by atoms with Crippen molar-refractivity contribution in [2.24, 2.45) is 10.1 Å². The van der Waals surface area contributed by atoms with E-state index in [1.807, 2.05) is 0 Å². The molecule has 0 aromatic carbocycles. The summed E-state index contributed by atoms with van der Waals surface area (Å²) in [4.78, 5) is 3.03. The summed E-state index contributed by atoms with van der Waals surface area (Å²) >= 11 is 0. The average Bonchev–Trinajstić information content (AvgIpc) is 1.86. The van der Waals surface area contributed by atoms with E-state index in [0.717, 1.165) is 6.34 Å². The number of aliphatic imine (C=N–C) groups is 1. The van der Waals surface area contributed by atoms with E-state index in [9.17, 15) is 4.39 Å². The fourth-order valence-corrected chi connectivity index (χ4v) is 0.173. The van der Waals surface area contributed by atoms with Gasteiger partial charge in [0, 0.05) is 0 Å². The van der Waals surface area contributed by atoms with Crippen LogP contribution in [0, 0.1) is 0 Å². The predicted octanol–water partition coefficient (Wildman–Crippen LogP) is -0.127. The molecule has 0 aromatic rings. The predicted molar refractivity (Wildman–Crippen MR) is 19.2 cm³/mol. The summed E-state index contributed by atoms with van der Waals surface area (Å²) in [7, 11) is 0. The van der Waals surface area contributed by atoms with Crippen LogP contribution in [-0.4, -0.2) is 12.4 Å². The van der Waals surface area contributed by atoms with Gasteiger partial charge in [-0.05, 0) is 0 Å². The minimum absolute atomic E-state index is 0.769. The molecule has 3 nitrogen and oxygen atoms in total. The molecule has 0 atom stereocenters. The van der Waals surface area contributed by atoms with E-state index >= 15 is 0 Å². The van der Waals surface area contributed by atoms with Crippen LogP contribution in [-0.2, 0) is 0 Å². The molecule has 0 aromatic heterocycles. The molecular weight excluding hydrogens is 85.0 g/mol. The maximum atomic E-state index is 11.4. The standard InChI is InChI=1S/C2HFN3/c3-2-4-1-5-6-2/h1H. The van der Waals surface area contributed by atoms with Crippen molar-refractivity contribution in [1.82, 2.24) is 5.43 Å². The molecule has 0 saturated carbocycles. The Hall–Kier alpha value is -0.930. The van der Waals surface area contributed by atoms with Crippen molar-refractivity contribution in [1.29, 1.82) is 0 Å². The molecule has 1 rings (SSSR count). The quantitative estimate of drug-likeness (QED) is 0.368. The summed E-state index contributed by atoms with van der Waals surface area (Å²) in [6.07, 6.45) is 0.282. The van der Waals surface area contributed by atoms with Crippen molar-refractivity contribution in [3.63, 3.8) is 0 Å². The Morgan fingerprint density at radius 3 is 2.67 bits per heavy atom. The first kappa shape index (κ1) is 3.27. The Bertz CT molecular complexity index is 105. The lowest BCUT2D eigenvalue weighted by molar-refractivity contribution is 0.741. The van der Waals surface area contributed by atoms with Gasteiger partial charge in [-0.15, -0.1) is 5.10 Å². The van der Waals surface area contributed by atoms with E-state index in [1.165, 1.54) is 0 Å². The zero-order chi connectivity index (χ0) is 4.41. The molecule has 1 aliphatic rings. The van der Waals surface area contributed by atoms with E-state index in [2.05, 4.69) is 15.5 Å². The molecule has 4 heteroatoms. The van der Waals surface area contributed by atoms with Crippen LogP contribution in [0.4, 0.5) is 4.39 Å². The van der Waals surface area contributed by atoms with E-state index in [-0.39, 0.29) is 0 Å². The van der Waals surface area contributed by atoms with Crippen molar-refractivity contribution in [3.8, 4) is 0 Å². The van der Waals surface area contributed by atoms with Crippen LogP contribution in [0.3, 0.4) is 0 Å². The average molecular weight is 86.0 g/mol. The summed E-state index contributed by atoms with van der Waals surface area (Å²) in [5.74, 6) is 0. The van der Waals surface area contributed by atoms with Gasteiger partial charge in [0.05, 0.1) is 0 Å². The van der Waals surface area contributed by atoms with Gasteiger partial charge in [-0.3, -0.25) is 0 Å². The molecule has 1 aliphatic heterocycles. The highest BCUT2D eigenvalue weighted by Crippen LogP contribution is 1.81. The van der Waals surface area contributed by atoms with Crippen LogP contribution in [0.1, 0.15) is 0 Å². The summed E-state index contributed by atoms with van der Waals surface area (Å²) in [5, 5.41) is 3.09. The molecule has 0 amide bonds. The van der Waals surface area contributed by atoms with Crippen LogP contribution in [0.25, 0.3) is 0 Å². The Labute approximate surface area is 33.6 Å². The minimum Gasteiger partial charge on any atom is -0.187 e. The van der Waals surface area contributed by atoms with E-state index in [1.54, 1.807) is 0 Å². The Morgan fingerprint density at radius 2 is 2.50 bits per heavy atom. The SMILES string of the molecule is FC1=NC=N[N]1. The molecule has 0 fully saturated rings. The maximum Gasteiger partial charge on any atom is 0.328 e. The highest BCUT2D eigenvalue weighted by Gasteiger charge is 1.96. The second-order valence-corrected chi connectivity index (χ2v) is 0.729. The molecule has 0 bridgehead atoms. The van der Waals surface area contributed by atoms with Crippen molar-refractivity contribution in [2.45, 2.75) is 0 Å². The number of hydrogen-bond donors (Lipinski definition) is 0. The zero-order valence-electron chi connectivity index (χ0n) is 2.80. The van der Waals surface area contributed by atoms with Crippen molar-refractivity contribution in [2.75, 3.05) is 0 Å². The van der Waals surface area contributed by atoms with E-state index in [4.69, 9.17) is 0 Å². The highest BCUT2D eigenvalue weighted by molar-refractivity contribution is 5.85. The van der Waals surface area contributed by atoms with Gasteiger partial charge >= 0.3 is 6.09 Å². The second-order valence-electron chi connectivity index (χ2n) is 0.729. The summed E-state index contributed by atoms with van der Waals surface area (Å²) in [6, 6.07) is 0. The van der Waals surface area contributed by atoms with Gasteiger partial charge in [-0.25, -0.2) is 0 Å². The van der Waals surface area contributed by atoms with Crippen LogP contribution < -0.4 is 5.43 Å². The maximum absolute atomic E-state index is 11.4. The topological polar surface area (TPSA) is 38.8 Å². The van der Waals surface area contributed by atoms with Crippen molar-refractivity contribution >= 4 is 12.4 Å². The summed E-state index contributed by atoms with van der Waals surface area (Å²) in [5.41, 5.74) is 2.89. The largest absolute Gasteiger partial charge is 0.328 e. The number of nitrogens with zero attached hydrogens (tertiary/aromatic N) is 3. The fraction of sp³-hybridized carbons (Fsp3) is 0. The number of hydrogen-bond acceptors (Lipinski definition) is 2. The third kappa shape index (κ3) is 0.357. The normalized spacial score (nSPS) is 17.2. The van der Waals surface area contributed by atoms with E-state index in [0.29, 0.717) is 0 Å². The first-order valence-electron chi connectivity index (χ1n) is 1.35. The Morgan fingerprint density at radius 1 is 1.67 bits per heavy atom. The summed E-state index contributed by atoms with van der Waals surface area (Å²) < 4.78 is 11.4. The molecule has 0 aliphatic carbocycles. The zero-order valence-corrected chi connectivity index (χ0v) is 2.80. The highest BCUT2D eigenvalue weighted by atomic mass is 19.1. The lowest BCUT2D eigenvalue weighted by Gasteiger charge is -1.70. The van der Waals surface area contributed by atoms with Gasteiger partial charge in [0.2, 0.25) is 0 Å². The Kier molecular flexibility index (Phi) is 0.567. The van der Waals surface area contributed by atoms with Gasteiger partial charge in [-0.2, -0.15) is 9.38 Å². The number of halogens is 1. The van der Waals surface area contributed by atoms with Gasteiger partial charge in [0.25, 0.3) is 0 Å².